The molecule has 0 aliphatic carbocycles. The fourth-order valence-electron chi connectivity index (χ4n) is 4.82. The maximum absolute atomic E-state index is 14.1. The summed E-state index contributed by atoms with van der Waals surface area (Å²) in [4.78, 5) is 44.0. The van der Waals surface area contributed by atoms with Gasteiger partial charge in [-0.15, -0.1) is 10.2 Å². The number of anilines is 2. The van der Waals surface area contributed by atoms with Crippen molar-refractivity contribution in [2.75, 3.05) is 23.9 Å². The Bertz CT molecular complexity index is 1750. The fourth-order valence-corrected chi connectivity index (χ4v) is 6.68. The van der Waals surface area contributed by atoms with Gasteiger partial charge in [-0.05, 0) is 41.5 Å². The summed E-state index contributed by atoms with van der Waals surface area (Å²) in [5.41, 5.74) is 2.54. The largest absolute Gasteiger partial charge is 0.453 e. The highest BCUT2D eigenvalue weighted by atomic mass is 32.2. The molecule has 6 rings (SSSR count). The van der Waals surface area contributed by atoms with Gasteiger partial charge >= 0.3 is 0 Å². The number of thioether (sulfide) groups is 1. The van der Waals surface area contributed by atoms with E-state index in [-0.39, 0.29) is 16.7 Å². The third-order valence-electron chi connectivity index (χ3n) is 6.92. The summed E-state index contributed by atoms with van der Waals surface area (Å²) in [5.74, 6) is -3.60. The molecule has 0 N–H and O–H groups in total. The summed E-state index contributed by atoms with van der Waals surface area (Å²) in [6, 6.07) is 21.6. The number of carbonyl (C=O) groups excluding carboxylic acids is 3. The van der Waals surface area contributed by atoms with Crippen molar-refractivity contribution in [2.45, 2.75) is 16.1 Å². The summed E-state index contributed by atoms with van der Waals surface area (Å²) in [6.07, 6.45) is 0. The average Bonchev–Trinajstić information content (AvgIpc) is 3.69. The molecule has 0 spiro atoms. The first-order chi connectivity index (χ1) is 19.8. The van der Waals surface area contributed by atoms with E-state index >= 15 is 0 Å². The van der Waals surface area contributed by atoms with E-state index in [1.807, 2.05) is 43.3 Å². The zero-order valence-corrected chi connectivity index (χ0v) is 23.6. The lowest BCUT2D eigenvalue weighted by atomic mass is 9.88. The van der Waals surface area contributed by atoms with E-state index in [1.165, 1.54) is 22.7 Å². The van der Waals surface area contributed by atoms with Crippen LogP contribution in [0.4, 0.5) is 15.2 Å². The molecule has 1 aliphatic rings. The molecular formula is C30H23FN4O4S2. The van der Waals surface area contributed by atoms with Crippen molar-refractivity contribution in [2.24, 2.45) is 5.92 Å². The number of aromatic nitrogens is 2. The Hall–Kier alpha value is -4.35. The number of amides is 1. The van der Waals surface area contributed by atoms with E-state index in [0.29, 0.717) is 26.8 Å². The third kappa shape index (κ3) is 5.02. The Morgan fingerprint density at radius 2 is 1.76 bits per heavy atom. The number of rotatable bonds is 8. The SMILES string of the molecule is CN(C)c1ccc(C2C(C(=O)c3cc4ccccc4o3)C(=O)C(=O)N2c2nnc(SCc3ccccc3F)s2)cc1. The van der Waals surface area contributed by atoms with Crippen molar-refractivity contribution >= 4 is 62.4 Å². The van der Waals surface area contributed by atoms with E-state index < -0.39 is 29.4 Å². The Morgan fingerprint density at radius 3 is 2.49 bits per heavy atom. The minimum atomic E-state index is -1.34. The second-order valence-electron chi connectivity index (χ2n) is 9.69. The van der Waals surface area contributed by atoms with Crippen LogP contribution in [0.5, 0.6) is 0 Å². The number of furan rings is 1. The van der Waals surface area contributed by atoms with Crippen LogP contribution in [0.25, 0.3) is 11.0 Å². The lowest BCUT2D eigenvalue weighted by Gasteiger charge is -2.25. The van der Waals surface area contributed by atoms with E-state index in [0.717, 1.165) is 22.4 Å². The van der Waals surface area contributed by atoms with Crippen LogP contribution in [0, 0.1) is 11.7 Å². The molecule has 0 saturated carbocycles. The van der Waals surface area contributed by atoms with Gasteiger partial charge in [0.05, 0.1) is 6.04 Å². The van der Waals surface area contributed by atoms with Crippen LogP contribution in [0.2, 0.25) is 0 Å². The van der Waals surface area contributed by atoms with Crippen LogP contribution in [0.1, 0.15) is 27.7 Å². The van der Waals surface area contributed by atoms with Crippen molar-refractivity contribution < 1.29 is 23.2 Å². The Labute approximate surface area is 242 Å². The predicted molar refractivity (Wildman–Crippen MR) is 156 cm³/mol. The smallest absolute Gasteiger partial charge is 0.297 e. The average molecular weight is 587 g/mol. The molecule has 41 heavy (non-hydrogen) atoms. The van der Waals surface area contributed by atoms with Crippen LogP contribution >= 0.6 is 23.1 Å². The minimum Gasteiger partial charge on any atom is -0.453 e. The van der Waals surface area contributed by atoms with Crippen molar-refractivity contribution in [1.82, 2.24) is 10.2 Å². The van der Waals surface area contributed by atoms with Gasteiger partial charge in [0, 0.05) is 30.9 Å². The van der Waals surface area contributed by atoms with E-state index in [4.69, 9.17) is 4.42 Å². The van der Waals surface area contributed by atoms with E-state index in [1.54, 1.807) is 48.5 Å². The molecule has 8 nitrogen and oxygen atoms in total. The zero-order chi connectivity index (χ0) is 28.7. The first-order valence-corrected chi connectivity index (χ1v) is 14.5. The number of hydrogen-bond donors (Lipinski definition) is 0. The molecule has 3 heterocycles. The van der Waals surface area contributed by atoms with Gasteiger partial charge in [-0.3, -0.25) is 19.3 Å². The number of benzene rings is 3. The predicted octanol–water partition coefficient (Wildman–Crippen LogP) is 5.94. The number of carbonyl (C=O) groups is 3. The van der Waals surface area contributed by atoms with Gasteiger partial charge in [0.25, 0.3) is 5.91 Å². The third-order valence-corrected chi connectivity index (χ3v) is 9.02. The van der Waals surface area contributed by atoms with Gasteiger partial charge in [-0.1, -0.05) is 71.6 Å². The maximum atomic E-state index is 14.1. The topological polar surface area (TPSA) is 96.6 Å². The van der Waals surface area contributed by atoms with E-state index in [2.05, 4.69) is 10.2 Å². The maximum Gasteiger partial charge on any atom is 0.297 e. The standard InChI is InChI=1S/C30H23FN4O4S2/c1-34(2)20-13-11-17(12-14-20)25-24(26(36)23-15-18-7-4-6-10-22(18)39-23)27(37)28(38)35(25)29-32-33-30(41-29)40-16-19-8-3-5-9-21(19)31/h3-15,24-25H,16H2,1-2H3. The summed E-state index contributed by atoms with van der Waals surface area (Å²) in [7, 11) is 3.80. The molecule has 1 fully saturated rings. The number of nitrogens with zero attached hydrogens (tertiary/aromatic N) is 4. The Balaban J connectivity index is 1.37. The lowest BCUT2D eigenvalue weighted by molar-refractivity contribution is -0.135. The molecule has 3 aromatic carbocycles. The van der Waals surface area contributed by atoms with Crippen molar-refractivity contribution in [3.05, 3.63) is 102 Å². The number of fused-ring (bicyclic) bond motifs is 1. The quantitative estimate of drug-likeness (QED) is 0.0725. The highest BCUT2D eigenvalue weighted by Gasteiger charge is 2.54. The first-order valence-electron chi connectivity index (χ1n) is 12.7. The molecule has 2 aromatic heterocycles. The first kappa shape index (κ1) is 26.9. The number of hydrogen-bond acceptors (Lipinski definition) is 9. The van der Waals surface area contributed by atoms with Crippen molar-refractivity contribution in [3.63, 3.8) is 0 Å². The normalized spacial score (nSPS) is 17.0. The van der Waals surface area contributed by atoms with Gasteiger partial charge < -0.3 is 9.32 Å². The van der Waals surface area contributed by atoms with Crippen LogP contribution < -0.4 is 9.80 Å². The van der Waals surface area contributed by atoms with Crippen molar-refractivity contribution in [3.8, 4) is 0 Å². The number of para-hydroxylation sites is 1. The van der Waals surface area contributed by atoms with Crippen LogP contribution in [0.15, 0.2) is 87.6 Å². The number of Topliss-reactive ketones (excluding diaryl/α,β-unsaturated/α-hetero) is 2. The Kier molecular flexibility index (Phi) is 7.14. The molecule has 2 unspecified atom stereocenters. The fraction of sp³-hybridized carbons (Fsp3) is 0.167. The summed E-state index contributed by atoms with van der Waals surface area (Å²) in [5, 5.41) is 9.29. The van der Waals surface area contributed by atoms with Gasteiger partial charge in [0.1, 0.15) is 17.3 Å². The molecule has 1 aliphatic heterocycles. The monoisotopic (exact) mass is 586 g/mol. The van der Waals surface area contributed by atoms with Crippen LogP contribution in [-0.4, -0.2) is 41.8 Å². The molecule has 206 valence electrons. The molecule has 5 aromatic rings. The highest BCUT2D eigenvalue weighted by Crippen LogP contribution is 2.44. The lowest BCUT2D eigenvalue weighted by Crippen LogP contribution is -2.30. The van der Waals surface area contributed by atoms with Gasteiger partial charge in [0.15, 0.2) is 10.1 Å². The summed E-state index contributed by atoms with van der Waals surface area (Å²) in [6.45, 7) is 0. The highest BCUT2D eigenvalue weighted by molar-refractivity contribution is 8.00. The van der Waals surface area contributed by atoms with E-state index in [9.17, 15) is 18.8 Å². The Morgan fingerprint density at radius 1 is 1.02 bits per heavy atom. The summed E-state index contributed by atoms with van der Waals surface area (Å²) >= 11 is 2.38. The van der Waals surface area contributed by atoms with Gasteiger partial charge in [0.2, 0.25) is 16.7 Å². The van der Waals surface area contributed by atoms with Crippen LogP contribution in [-0.2, 0) is 15.3 Å². The summed E-state index contributed by atoms with van der Waals surface area (Å²) < 4.78 is 20.4. The molecule has 11 heteroatoms. The molecule has 1 saturated heterocycles. The second kappa shape index (κ2) is 10.9. The molecule has 0 radical (unpaired) electrons. The zero-order valence-electron chi connectivity index (χ0n) is 22.0. The van der Waals surface area contributed by atoms with Crippen molar-refractivity contribution in [1.29, 1.82) is 0 Å². The van der Waals surface area contributed by atoms with Crippen LogP contribution in [0.3, 0.4) is 0 Å². The van der Waals surface area contributed by atoms with Gasteiger partial charge in [-0.2, -0.15) is 0 Å². The van der Waals surface area contributed by atoms with Gasteiger partial charge in [-0.25, -0.2) is 4.39 Å². The number of ketones is 2. The molecule has 2 atom stereocenters. The molecule has 1 amide bonds. The molecule has 0 bridgehead atoms. The second-order valence-corrected chi connectivity index (χ2v) is 11.9. The minimum absolute atomic E-state index is 0.00695. The number of halogens is 1. The molecular weight excluding hydrogens is 563 g/mol.